The summed E-state index contributed by atoms with van der Waals surface area (Å²) in [5, 5.41) is 5.74. The number of amides is 1. The van der Waals surface area contributed by atoms with E-state index in [4.69, 9.17) is 4.74 Å². The molecule has 0 aliphatic carbocycles. The van der Waals surface area contributed by atoms with Crippen LogP contribution in [-0.2, 0) is 9.53 Å². The van der Waals surface area contributed by atoms with Crippen molar-refractivity contribution in [2.24, 2.45) is 0 Å². The van der Waals surface area contributed by atoms with Crippen molar-refractivity contribution in [1.82, 2.24) is 5.32 Å². The summed E-state index contributed by atoms with van der Waals surface area (Å²) in [5.74, 6) is -0.534. The van der Waals surface area contributed by atoms with Gasteiger partial charge in [0.05, 0.1) is 18.7 Å². The molecule has 0 bridgehead atoms. The molecule has 1 aromatic carbocycles. The minimum absolute atomic E-state index is 0.144. The Bertz CT molecular complexity index is 444. The number of rotatable bonds is 6. The van der Waals surface area contributed by atoms with Crippen molar-refractivity contribution >= 4 is 17.6 Å². The average molecular weight is 264 g/mol. The van der Waals surface area contributed by atoms with Crippen molar-refractivity contribution in [3.05, 3.63) is 29.8 Å². The molecule has 104 valence electrons. The smallest absolute Gasteiger partial charge is 0.338 e. The normalized spacial score (nSPS) is 10.3. The standard InChI is InChI=1S/C14H20N2O3/c1-4-19-14(18)11-6-5-7-12(8-11)16-13(17)9-15-10(2)3/h5-8,10,15H,4,9H2,1-3H3,(H,16,17). The Kier molecular flexibility index (Phi) is 6.02. The molecule has 0 saturated heterocycles. The number of benzene rings is 1. The van der Waals surface area contributed by atoms with Crippen LogP contribution in [0.5, 0.6) is 0 Å². The maximum absolute atomic E-state index is 11.6. The topological polar surface area (TPSA) is 67.4 Å². The van der Waals surface area contributed by atoms with E-state index in [1.807, 2.05) is 13.8 Å². The highest BCUT2D eigenvalue weighted by molar-refractivity contribution is 5.95. The van der Waals surface area contributed by atoms with Gasteiger partial charge in [-0.05, 0) is 25.1 Å². The first-order chi connectivity index (χ1) is 9.02. The van der Waals surface area contributed by atoms with Crippen molar-refractivity contribution in [3.8, 4) is 0 Å². The second kappa shape index (κ2) is 7.53. The lowest BCUT2D eigenvalue weighted by molar-refractivity contribution is -0.115. The highest BCUT2D eigenvalue weighted by Crippen LogP contribution is 2.11. The fourth-order valence-corrected chi connectivity index (χ4v) is 1.44. The molecule has 0 heterocycles. The van der Waals surface area contributed by atoms with Gasteiger partial charge in [-0.3, -0.25) is 4.79 Å². The van der Waals surface area contributed by atoms with Crippen LogP contribution in [0.15, 0.2) is 24.3 Å². The summed E-state index contributed by atoms with van der Waals surface area (Å²) in [4.78, 5) is 23.2. The van der Waals surface area contributed by atoms with Crippen LogP contribution < -0.4 is 10.6 Å². The van der Waals surface area contributed by atoms with Crippen molar-refractivity contribution in [2.75, 3.05) is 18.5 Å². The van der Waals surface area contributed by atoms with Gasteiger partial charge in [-0.2, -0.15) is 0 Å². The molecule has 0 aliphatic heterocycles. The lowest BCUT2D eigenvalue weighted by atomic mass is 10.2. The lowest BCUT2D eigenvalue weighted by Gasteiger charge is -2.09. The molecule has 5 nitrogen and oxygen atoms in total. The zero-order valence-electron chi connectivity index (χ0n) is 11.5. The number of ether oxygens (including phenoxy) is 1. The Hall–Kier alpha value is -1.88. The first kappa shape index (κ1) is 15.2. The fraction of sp³-hybridized carbons (Fsp3) is 0.429. The number of anilines is 1. The first-order valence-corrected chi connectivity index (χ1v) is 6.33. The molecule has 0 radical (unpaired) electrons. The highest BCUT2D eigenvalue weighted by Gasteiger charge is 2.08. The summed E-state index contributed by atoms with van der Waals surface area (Å²) in [6.45, 7) is 6.25. The Morgan fingerprint density at radius 1 is 1.32 bits per heavy atom. The minimum Gasteiger partial charge on any atom is -0.462 e. The molecule has 0 aliphatic rings. The quantitative estimate of drug-likeness (QED) is 0.769. The minimum atomic E-state index is -0.390. The predicted molar refractivity (Wildman–Crippen MR) is 74.2 cm³/mol. The molecule has 0 unspecified atom stereocenters. The summed E-state index contributed by atoms with van der Waals surface area (Å²) in [7, 11) is 0. The monoisotopic (exact) mass is 264 g/mol. The zero-order chi connectivity index (χ0) is 14.3. The van der Waals surface area contributed by atoms with Gasteiger partial charge in [0.2, 0.25) is 5.91 Å². The van der Waals surface area contributed by atoms with Crippen molar-refractivity contribution in [3.63, 3.8) is 0 Å². The molecule has 0 fully saturated rings. The maximum atomic E-state index is 11.6. The van der Waals surface area contributed by atoms with Gasteiger partial charge in [-0.25, -0.2) is 4.79 Å². The number of esters is 1. The van der Waals surface area contributed by atoms with Gasteiger partial charge in [-0.1, -0.05) is 19.9 Å². The fourth-order valence-electron chi connectivity index (χ4n) is 1.44. The second-order valence-electron chi connectivity index (χ2n) is 4.39. The highest BCUT2D eigenvalue weighted by atomic mass is 16.5. The maximum Gasteiger partial charge on any atom is 0.338 e. The van der Waals surface area contributed by atoms with Crippen LogP contribution >= 0.6 is 0 Å². The third-order valence-electron chi connectivity index (χ3n) is 2.33. The molecule has 1 aromatic rings. The van der Waals surface area contributed by atoms with E-state index in [0.29, 0.717) is 17.9 Å². The van der Waals surface area contributed by atoms with Gasteiger partial charge in [0.15, 0.2) is 0 Å². The third kappa shape index (κ3) is 5.52. The Labute approximate surface area is 113 Å². The van der Waals surface area contributed by atoms with Crippen molar-refractivity contribution < 1.29 is 14.3 Å². The number of hydrogen-bond donors (Lipinski definition) is 2. The van der Waals surface area contributed by atoms with Gasteiger partial charge >= 0.3 is 5.97 Å². The van der Waals surface area contributed by atoms with E-state index in [1.54, 1.807) is 31.2 Å². The van der Waals surface area contributed by atoms with Crippen molar-refractivity contribution in [1.29, 1.82) is 0 Å². The van der Waals surface area contributed by atoms with E-state index < -0.39 is 0 Å². The first-order valence-electron chi connectivity index (χ1n) is 6.33. The molecule has 19 heavy (non-hydrogen) atoms. The van der Waals surface area contributed by atoms with E-state index in [2.05, 4.69) is 10.6 Å². The van der Waals surface area contributed by atoms with Gasteiger partial charge in [-0.15, -0.1) is 0 Å². The number of carbonyl (C=O) groups excluding carboxylic acids is 2. The largest absolute Gasteiger partial charge is 0.462 e. The molecule has 5 heteroatoms. The summed E-state index contributed by atoms with van der Waals surface area (Å²) in [5.41, 5.74) is 1.01. The molecular weight excluding hydrogens is 244 g/mol. The van der Waals surface area contributed by atoms with E-state index in [9.17, 15) is 9.59 Å². The Balaban J connectivity index is 2.61. The Morgan fingerprint density at radius 2 is 2.05 bits per heavy atom. The summed E-state index contributed by atoms with van der Waals surface area (Å²) < 4.78 is 4.90. The van der Waals surface area contributed by atoms with E-state index in [-0.39, 0.29) is 24.5 Å². The van der Waals surface area contributed by atoms with Crippen LogP contribution in [0.2, 0.25) is 0 Å². The molecule has 1 amide bonds. The van der Waals surface area contributed by atoms with E-state index in [0.717, 1.165) is 0 Å². The van der Waals surface area contributed by atoms with Crippen LogP contribution in [0.25, 0.3) is 0 Å². The van der Waals surface area contributed by atoms with E-state index in [1.165, 1.54) is 0 Å². The predicted octanol–water partition coefficient (Wildman–Crippen LogP) is 1.80. The summed E-state index contributed by atoms with van der Waals surface area (Å²) >= 11 is 0. The van der Waals surface area contributed by atoms with Gasteiger partial charge in [0, 0.05) is 11.7 Å². The molecule has 0 aromatic heterocycles. The van der Waals surface area contributed by atoms with Crippen LogP contribution in [0.4, 0.5) is 5.69 Å². The number of nitrogens with one attached hydrogen (secondary N) is 2. The van der Waals surface area contributed by atoms with Crippen molar-refractivity contribution in [2.45, 2.75) is 26.8 Å². The third-order valence-corrected chi connectivity index (χ3v) is 2.33. The van der Waals surface area contributed by atoms with Crippen LogP contribution in [0, 0.1) is 0 Å². The van der Waals surface area contributed by atoms with Gasteiger partial charge in [0.25, 0.3) is 0 Å². The zero-order valence-corrected chi connectivity index (χ0v) is 11.5. The molecule has 2 N–H and O–H groups in total. The van der Waals surface area contributed by atoms with Crippen LogP contribution in [-0.4, -0.2) is 31.1 Å². The lowest BCUT2D eigenvalue weighted by Crippen LogP contribution is -2.32. The van der Waals surface area contributed by atoms with E-state index >= 15 is 0 Å². The van der Waals surface area contributed by atoms with Crippen LogP contribution in [0.1, 0.15) is 31.1 Å². The molecule has 1 rings (SSSR count). The molecule has 0 saturated carbocycles. The second-order valence-corrected chi connectivity index (χ2v) is 4.39. The number of carbonyl (C=O) groups is 2. The van der Waals surface area contributed by atoms with Gasteiger partial charge in [0.1, 0.15) is 0 Å². The SMILES string of the molecule is CCOC(=O)c1cccc(NC(=O)CNC(C)C)c1. The summed E-state index contributed by atoms with van der Waals surface area (Å²) in [6.07, 6.45) is 0. The average Bonchev–Trinajstić information content (AvgIpc) is 2.37. The van der Waals surface area contributed by atoms with Crippen LogP contribution in [0.3, 0.4) is 0 Å². The number of hydrogen-bond acceptors (Lipinski definition) is 4. The van der Waals surface area contributed by atoms with Gasteiger partial charge < -0.3 is 15.4 Å². The molecular formula is C14H20N2O3. The Morgan fingerprint density at radius 3 is 2.68 bits per heavy atom. The molecule has 0 atom stereocenters. The summed E-state index contributed by atoms with van der Waals surface area (Å²) in [6, 6.07) is 6.94. The molecule has 0 spiro atoms.